The van der Waals surface area contributed by atoms with Crippen LogP contribution in [0.25, 0.3) is 0 Å². The number of carbonyl (C=O) groups is 2. The molecule has 5 nitrogen and oxygen atoms in total. The molecule has 23 heavy (non-hydrogen) atoms. The Bertz CT molecular complexity index is 582. The largest absolute Gasteiger partial charge is 0.453 e. The minimum absolute atomic E-state index is 0.0646. The second-order valence-corrected chi connectivity index (χ2v) is 6.68. The third kappa shape index (κ3) is 3.78. The Kier molecular flexibility index (Phi) is 4.76. The molecule has 0 radical (unpaired) electrons. The summed E-state index contributed by atoms with van der Waals surface area (Å²) < 4.78 is 4.72. The molecule has 2 fully saturated rings. The number of amides is 2. The Morgan fingerprint density at radius 1 is 1.22 bits per heavy atom. The summed E-state index contributed by atoms with van der Waals surface area (Å²) in [7, 11) is 1.39. The van der Waals surface area contributed by atoms with Crippen molar-refractivity contribution in [1.29, 1.82) is 0 Å². The van der Waals surface area contributed by atoms with E-state index in [9.17, 15) is 9.59 Å². The van der Waals surface area contributed by atoms with Crippen LogP contribution in [0.15, 0.2) is 24.3 Å². The third-order valence-electron chi connectivity index (χ3n) is 4.70. The summed E-state index contributed by atoms with van der Waals surface area (Å²) in [5.74, 6) is 0.499. The molecule has 1 saturated heterocycles. The van der Waals surface area contributed by atoms with Crippen molar-refractivity contribution in [3.8, 4) is 0 Å². The SMILES string of the molecule is COC(=O)N1CCC(NC(=O)[C@@H]2C[C@H]2c2ccc(Cl)cc2)CC1. The zero-order chi connectivity index (χ0) is 16.4. The number of carbonyl (C=O) groups excluding carboxylic acids is 2. The van der Waals surface area contributed by atoms with Crippen LogP contribution in [0.3, 0.4) is 0 Å². The summed E-state index contributed by atoms with van der Waals surface area (Å²) in [5, 5.41) is 3.84. The van der Waals surface area contributed by atoms with Crippen LogP contribution < -0.4 is 5.32 Å². The zero-order valence-electron chi connectivity index (χ0n) is 13.1. The molecule has 1 aliphatic heterocycles. The highest BCUT2D eigenvalue weighted by atomic mass is 35.5. The summed E-state index contributed by atoms with van der Waals surface area (Å²) in [6, 6.07) is 7.87. The number of hydrogen-bond acceptors (Lipinski definition) is 3. The lowest BCUT2D eigenvalue weighted by molar-refractivity contribution is -0.123. The van der Waals surface area contributed by atoms with Crippen molar-refractivity contribution >= 4 is 23.6 Å². The van der Waals surface area contributed by atoms with Gasteiger partial charge in [0.05, 0.1) is 7.11 Å². The first-order valence-corrected chi connectivity index (χ1v) is 8.35. The molecule has 1 aromatic carbocycles. The van der Waals surface area contributed by atoms with Crippen molar-refractivity contribution in [3.63, 3.8) is 0 Å². The number of halogens is 1. The standard InChI is InChI=1S/C17H21ClN2O3/c1-23-17(22)20-8-6-13(7-9-20)19-16(21)15-10-14(15)11-2-4-12(18)5-3-11/h2-5,13-15H,6-10H2,1H3,(H,19,21)/t14-,15+/m0/s1. The fraction of sp³-hybridized carbons (Fsp3) is 0.529. The monoisotopic (exact) mass is 336 g/mol. The molecular weight excluding hydrogens is 316 g/mol. The van der Waals surface area contributed by atoms with Gasteiger partial charge in [0, 0.05) is 30.1 Å². The van der Waals surface area contributed by atoms with Gasteiger partial charge in [0.2, 0.25) is 5.91 Å². The predicted octanol–water partition coefficient (Wildman–Crippen LogP) is 2.79. The lowest BCUT2D eigenvalue weighted by Crippen LogP contribution is -2.47. The molecule has 0 unspecified atom stereocenters. The van der Waals surface area contributed by atoms with Gasteiger partial charge in [0.25, 0.3) is 0 Å². The topological polar surface area (TPSA) is 58.6 Å². The van der Waals surface area contributed by atoms with Crippen LogP contribution in [0.4, 0.5) is 4.79 Å². The second-order valence-electron chi connectivity index (χ2n) is 6.24. The smallest absolute Gasteiger partial charge is 0.409 e. The van der Waals surface area contributed by atoms with Gasteiger partial charge in [-0.15, -0.1) is 0 Å². The molecule has 2 aliphatic rings. The van der Waals surface area contributed by atoms with Crippen LogP contribution in [0.5, 0.6) is 0 Å². The van der Waals surface area contributed by atoms with Crippen molar-refractivity contribution in [3.05, 3.63) is 34.9 Å². The summed E-state index contributed by atoms with van der Waals surface area (Å²) in [6.07, 6.45) is 2.16. The quantitative estimate of drug-likeness (QED) is 0.923. The molecule has 3 rings (SSSR count). The summed E-state index contributed by atoms with van der Waals surface area (Å²) >= 11 is 5.89. The van der Waals surface area contributed by atoms with Gasteiger partial charge in [0.1, 0.15) is 0 Å². The number of likely N-dealkylation sites (tertiary alicyclic amines) is 1. The molecule has 0 bridgehead atoms. The van der Waals surface area contributed by atoms with E-state index in [2.05, 4.69) is 5.32 Å². The lowest BCUT2D eigenvalue weighted by Gasteiger charge is -2.31. The normalized spacial score (nSPS) is 24.2. The van der Waals surface area contributed by atoms with Gasteiger partial charge in [0.15, 0.2) is 0 Å². The Hall–Kier alpha value is -1.75. The minimum atomic E-state index is -0.292. The average molecular weight is 337 g/mol. The van der Waals surface area contributed by atoms with Crippen molar-refractivity contribution in [2.75, 3.05) is 20.2 Å². The van der Waals surface area contributed by atoms with Gasteiger partial charge in [-0.3, -0.25) is 4.79 Å². The molecule has 6 heteroatoms. The fourth-order valence-corrected chi connectivity index (χ4v) is 3.33. The van der Waals surface area contributed by atoms with Gasteiger partial charge in [-0.25, -0.2) is 4.79 Å². The number of rotatable bonds is 3. The van der Waals surface area contributed by atoms with Crippen LogP contribution in [0, 0.1) is 5.92 Å². The highest BCUT2D eigenvalue weighted by Gasteiger charge is 2.44. The molecule has 0 spiro atoms. The Morgan fingerprint density at radius 2 is 1.87 bits per heavy atom. The molecule has 124 valence electrons. The van der Waals surface area contributed by atoms with Crippen molar-refractivity contribution in [1.82, 2.24) is 10.2 Å². The molecule has 1 saturated carbocycles. The highest BCUT2D eigenvalue weighted by molar-refractivity contribution is 6.30. The molecule has 1 aliphatic carbocycles. The Labute approximate surface area is 140 Å². The predicted molar refractivity (Wildman–Crippen MR) is 87.4 cm³/mol. The number of benzene rings is 1. The Balaban J connectivity index is 1.46. The number of ether oxygens (including phenoxy) is 1. The van der Waals surface area contributed by atoms with Gasteiger partial charge in [-0.2, -0.15) is 0 Å². The maximum absolute atomic E-state index is 12.4. The molecule has 2 atom stereocenters. The van der Waals surface area contributed by atoms with Crippen LogP contribution in [0.2, 0.25) is 5.02 Å². The third-order valence-corrected chi connectivity index (χ3v) is 4.95. The van der Waals surface area contributed by atoms with Crippen LogP contribution in [-0.2, 0) is 9.53 Å². The minimum Gasteiger partial charge on any atom is -0.453 e. The van der Waals surface area contributed by atoms with Crippen LogP contribution in [-0.4, -0.2) is 43.1 Å². The molecule has 1 N–H and O–H groups in total. The second kappa shape index (κ2) is 6.79. The van der Waals surface area contributed by atoms with E-state index in [1.165, 1.54) is 12.7 Å². The first kappa shape index (κ1) is 16.1. The number of nitrogens with zero attached hydrogens (tertiary/aromatic N) is 1. The molecule has 1 heterocycles. The summed E-state index contributed by atoms with van der Waals surface area (Å²) in [4.78, 5) is 25.5. The molecule has 0 aromatic heterocycles. The number of hydrogen-bond donors (Lipinski definition) is 1. The van der Waals surface area contributed by atoms with Gasteiger partial charge >= 0.3 is 6.09 Å². The lowest BCUT2D eigenvalue weighted by atomic mass is 10.0. The van der Waals surface area contributed by atoms with Crippen LogP contribution in [0.1, 0.15) is 30.7 Å². The molecule has 2 amide bonds. The maximum Gasteiger partial charge on any atom is 0.409 e. The van der Waals surface area contributed by atoms with Crippen LogP contribution >= 0.6 is 11.6 Å². The fourth-order valence-electron chi connectivity index (χ4n) is 3.21. The first-order valence-electron chi connectivity index (χ1n) is 7.97. The van der Waals surface area contributed by atoms with Crippen molar-refractivity contribution < 1.29 is 14.3 Å². The van der Waals surface area contributed by atoms with E-state index >= 15 is 0 Å². The van der Waals surface area contributed by atoms with E-state index < -0.39 is 0 Å². The number of nitrogens with one attached hydrogen (secondary N) is 1. The van der Waals surface area contributed by atoms with Gasteiger partial charge < -0.3 is 15.0 Å². The Morgan fingerprint density at radius 3 is 2.48 bits per heavy atom. The van der Waals surface area contributed by atoms with E-state index in [0.717, 1.165) is 19.3 Å². The van der Waals surface area contributed by atoms with Gasteiger partial charge in [-0.1, -0.05) is 23.7 Å². The van der Waals surface area contributed by atoms with E-state index in [4.69, 9.17) is 16.3 Å². The maximum atomic E-state index is 12.4. The first-order chi connectivity index (χ1) is 11.1. The number of methoxy groups -OCH3 is 1. The van der Waals surface area contributed by atoms with E-state index in [1.54, 1.807) is 4.90 Å². The van der Waals surface area contributed by atoms with Gasteiger partial charge in [-0.05, 0) is 42.9 Å². The van der Waals surface area contributed by atoms with Crippen molar-refractivity contribution in [2.24, 2.45) is 5.92 Å². The molecule has 1 aromatic rings. The number of piperidine rings is 1. The zero-order valence-corrected chi connectivity index (χ0v) is 13.9. The van der Waals surface area contributed by atoms with E-state index in [0.29, 0.717) is 24.0 Å². The average Bonchev–Trinajstić information content (AvgIpc) is 3.36. The molecular formula is C17H21ClN2O3. The highest BCUT2D eigenvalue weighted by Crippen LogP contribution is 2.47. The summed E-state index contributed by atoms with van der Waals surface area (Å²) in [6.45, 7) is 1.26. The summed E-state index contributed by atoms with van der Waals surface area (Å²) in [5.41, 5.74) is 1.18. The van der Waals surface area contributed by atoms with E-state index in [-0.39, 0.29) is 24.0 Å². The van der Waals surface area contributed by atoms with E-state index in [1.807, 2.05) is 24.3 Å². The van der Waals surface area contributed by atoms with Crippen molar-refractivity contribution in [2.45, 2.75) is 31.2 Å².